The van der Waals surface area contributed by atoms with E-state index in [0.29, 0.717) is 11.8 Å². The molecular weight excluding hydrogens is 341 g/mol. The summed E-state index contributed by atoms with van der Waals surface area (Å²) < 4.78 is 0. The predicted octanol–water partition coefficient (Wildman–Crippen LogP) is 3.20. The molecule has 0 saturated carbocycles. The van der Waals surface area contributed by atoms with Crippen LogP contribution < -0.4 is 5.32 Å². The third-order valence-corrected chi connectivity index (χ3v) is 5.68. The number of aromatic nitrogens is 1. The average molecular weight is 366 g/mol. The highest BCUT2D eigenvalue weighted by Crippen LogP contribution is 2.34. The first-order chi connectivity index (χ1) is 9.66. The molecule has 2 saturated heterocycles. The van der Waals surface area contributed by atoms with Crippen LogP contribution in [0.1, 0.15) is 42.9 Å². The maximum Gasteiger partial charge on any atom is 0.226 e. The van der Waals surface area contributed by atoms with Crippen LogP contribution in [0.3, 0.4) is 0 Å². The highest BCUT2D eigenvalue weighted by atomic mass is 35.5. The van der Waals surface area contributed by atoms with Gasteiger partial charge in [0.15, 0.2) is 0 Å². The fourth-order valence-electron chi connectivity index (χ4n) is 3.11. The maximum atomic E-state index is 12.8. The summed E-state index contributed by atoms with van der Waals surface area (Å²) in [6.07, 6.45) is 3.39. The molecule has 22 heavy (non-hydrogen) atoms. The molecule has 3 rings (SSSR count). The molecule has 3 heterocycles. The highest BCUT2D eigenvalue weighted by Gasteiger charge is 2.36. The van der Waals surface area contributed by atoms with Crippen LogP contribution in [-0.4, -0.2) is 35.4 Å². The second-order valence-electron chi connectivity index (χ2n) is 6.08. The van der Waals surface area contributed by atoms with Gasteiger partial charge in [0, 0.05) is 23.5 Å². The molecule has 7 heteroatoms. The second-order valence-corrected chi connectivity index (χ2v) is 6.97. The number of likely N-dealkylation sites (tertiary alicyclic amines) is 1. The average Bonchev–Trinajstić information content (AvgIpc) is 2.82. The topological polar surface area (TPSA) is 45.2 Å². The van der Waals surface area contributed by atoms with Crippen molar-refractivity contribution in [3.05, 3.63) is 16.1 Å². The summed E-state index contributed by atoms with van der Waals surface area (Å²) in [5.74, 6) is 0.982. The van der Waals surface area contributed by atoms with E-state index in [0.717, 1.165) is 43.2 Å². The van der Waals surface area contributed by atoms with Gasteiger partial charge in [0.2, 0.25) is 5.91 Å². The lowest BCUT2D eigenvalue weighted by molar-refractivity contribution is -0.141. The van der Waals surface area contributed by atoms with Gasteiger partial charge >= 0.3 is 0 Å². The Labute approximate surface area is 148 Å². The number of carbonyl (C=O) groups excluding carboxylic acids is 1. The molecule has 2 atom stereocenters. The zero-order valence-corrected chi connectivity index (χ0v) is 15.5. The minimum absolute atomic E-state index is 0. The van der Waals surface area contributed by atoms with E-state index in [1.807, 2.05) is 6.92 Å². The Hall–Kier alpha value is -0.360. The summed E-state index contributed by atoms with van der Waals surface area (Å²) in [6.45, 7) is 6.99. The van der Waals surface area contributed by atoms with Crippen LogP contribution in [0.4, 0.5) is 0 Å². The molecule has 1 amide bonds. The molecular formula is C15H25Cl2N3OS. The van der Waals surface area contributed by atoms with E-state index in [1.165, 1.54) is 6.42 Å². The number of hydrogen-bond acceptors (Lipinski definition) is 4. The van der Waals surface area contributed by atoms with Gasteiger partial charge in [0.25, 0.3) is 0 Å². The lowest BCUT2D eigenvalue weighted by Gasteiger charge is -2.40. The van der Waals surface area contributed by atoms with Crippen LogP contribution in [0.2, 0.25) is 0 Å². The van der Waals surface area contributed by atoms with Gasteiger partial charge in [-0.05, 0) is 45.2 Å². The van der Waals surface area contributed by atoms with Gasteiger partial charge in [0.05, 0.1) is 6.04 Å². The first-order valence-corrected chi connectivity index (χ1v) is 8.48. The zero-order valence-electron chi connectivity index (χ0n) is 13.1. The van der Waals surface area contributed by atoms with Crippen LogP contribution in [-0.2, 0) is 4.79 Å². The van der Waals surface area contributed by atoms with E-state index in [2.05, 4.69) is 27.5 Å². The number of rotatable bonds is 3. The van der Waals surface area contributed by atoms with Crippen LogP contribution >= 0.6 is 36.2 Å². The Morgan fingerprint density at radius 2 is 2.14 bits per heavy atom. The molecule has 0 aromatic carbocycles. The van der Waals surface area contributed by atoms with Crippen molar-refractivity contribution in [1.82, 2.24) is 15.2 Å². The SMILES string of the molecule is Cc1csc(C2CCCCN2C(=O)C(C)C2CNC2)n1.Cl.Cl. The molecule has 2 aliphatic rings. The van der Waals surface area contributed by atoms with Gasteiger partial charge in [-0.15, -0.1) is 36.2 Å². The molecule has 2 unspecified atom stereocenters. The molecule has 2 aliphatic heterocycles. The summed E-state index contributed by atoms with van der Waals surface area (Å²) in [5, 5.41) is 6.47. The van der Waals surface area contributed by atoms with E-state index in [1.54, 1.807) is 11.3 Å². The van der Waals surface area contributed by atoms with Gasteiger partial charge in [-0.25, -0.2) is 4.98 Å². The normalized spacial score (nSPS) is 23.0. The zero-order chi connectivity index (χ0) is 14.1. The van der Waals surface area contributed by atoms with Gasteiger partial charge < -0.3 is 10.2 Å². The molecule has 0 aliphatic carbocycles. The smallest absolute Gasteiger partial charge is 0.226 e. The minimum Gasteiger partial charge on any atom is -0.333 e. The third-order valence-electron chi connectivity index (χ3n) is 4.62. The quantitative estimate of drug-likeness (QED) is 0.894. The van der Waals surface area contributed by atoms with E-state index < -0.39 is 0 Å². The molecule has 126 valence electrons. The number of carbonyl (C=O) groups is 1. The summed E-state index contributed by atoms with van der Waals surface area (Å²) in [7, 11) is 0. The van der Waals surface area contributed by atoms with Gasteiger partial charge in [-0.2, -0.15) is 0 Å². The van der Waals surface area contributed by atoms with Crippen molar-refractivity contribution in [1.29, 1.82) is 0 Å². The van der Waals surface area contributed by atoms with E-state index >= 15 is 0 Å². The molecule has 0 spiro atoms. The minimum atomic E-state index is 0. The Morgan fingerprint density at radius 1 is 1.41 bits per heavy atom. The molecule has 1 N–H and O–H groups in total. The van der Waals surface area contributed by atoms with Crippen molar-refractivity contribution in [3.8, 4) is 0 Å². The van der Waals surface area contributed by atoms with E-state index in [-0.39, 0.29) is 36.8 Å². The van der Waals surface area contributed by atoms with Crippen LogP contribution in [0.25, 0.3) is 0 Å². The molecule has 1 aromatic rings. The number of piperidine rings is 1. The molecule has 0 radical (unpaired) electrons. The number of aryl methyl sites for hydroxylation is 1. The molecule has 0 bridgehead atoms. The molecule has 2 fully saturated rings. The summed E-state index contributed by atoms with van der Waals surface area (Å²) >= 11 is 1.70. The summed E-state index contributed by atoms with van der Waals surface area (Å²) in [5.41, 5.74) is 1.07. The number of nitrogens with one attached hydrogen (secondary N) is 1. The van der Waals surface area contributed by atoms with Crippen molar-refractivity contribution in [2.24, 2.45) is 11.8 Å². The Balaban J connectivity index is 0.00000121. The van der Waals surface area contributed by atoms with Crippen LogP contribution in [0, 0.1) is 18.8 Å². The first-order valence-electron chi connectivity index (χ1n) is 7.60. The number of amides is 1. The number of nitrogens with zero attached hydrogens (tertiary/aromatic N) is 2. The summed E-state index contributed by atoms with van der Waals surface area (Å²) in [4.78, 5) is 19.5. The van der Waals surface area contributed by atoms with Gasteiger partial charge in [-0.3, -0.25) is 4.79 Å². The Kier molecular flexibility index (Phi) is 7.59. The van der Waals surface area contributed by atoms with Crippen molar-refractivity contribution in [2.45, 2.75) is 39.2 Å². The third kappa shape index (κ3) is 3.94. The first kappa shape index (κ1) is 19.7. The fourth-order valence-corrected chi connectivity index (χ4v) is 4.05. The lowest BCUT2D eigenvalue weighted by atomic mass is 9.87. The second kappa shape index (κ2) is 8.48. The molecule has 1 aromatic heterocycles. The van der Waals surface area contributed by atoms with Crippen molar-refractivity contribution in [2.75, 3.05) is 19.6 Å². The summed E-state index contributed by atoms with van der Waals surface area (Å²) in [6, 6.07) is 0.213. The van der Waals surface area contributed by atoms with Gasteiger partial charge in [0.1, 0.15) is 5.01 Å². The Bertz CT molecular complexity index is 493. The van der Waals surface area contributed by atoms with E-state index in [4.69, 9.17) is 0 Å². The number of hydrogen-bond donors (Lipinski definition) is 1. The predicted molar refractivity (Wildman–Crippen MR) is 95.2 cm³/mol. The lowest BCUT2D eigenvalue weighted by Crippen LogP contribution is -2.51. The van der Waals surface area contributed by atoms with Gasteiger partial charge in [-0.1, -0.05) is 6.92 Å². The number of halogens is 2. The van der Waals surface area contributed by atoms with Crippen molar-refractivity contribution < 1.29 is 4.79 Å². The van der Waals surface area contributed by atoms with Crippen LogP contribution in [0.5, 0.6) is 0 Å². The molecule has 4 nitrogen and oxygen atoms in total. The fraction of sp³-hybridized carbons (Fsp3) is 0.733. The number of thiazole rings is 1. The van der Waals surface area contributed by atoms with Crippen LogP contribution in [0.15, 0.2) is 5.38 Å². The monoisotopic (exact) mass is 365 g/mol. The van der Waals surface area contributed by atoms with Crippen molar-refractivity contribution >= 4 is 42.1 Å². The maximum absolute atomic E-state index is 12.8. The highest BCUT2D eigenvalue weighted by molar-refractivity contribution is 7.09. The standard InChI is InChI=1S/C15H23N3OS.2ClH/c1-10-9-20-14(17-10)13-5-3-4-6-18(13)15(19)11(2)12-7-16-8-12;;/h9,11-13,16H,3-8H2,1-2H3;2*1H. The Morgan fingerprint density at radius 3 is 2.68 bits per heavy atom. The van der Waals surface area contributed by atoms with E-state index in [9.17, 15) is 4.79 Å². The largest absolute Gasteiger partial charge is 0.333 e. The van der Waals surface area contributed by atoms with Crippen molar-refractivity contribution in [3.63, 3.8) is 0 Å².